The molecular formula is C10H15N3O. The molecule has 0 saturated heterocycles. The molecule has 0 spiro atoms. The van der Waals surface area contributed by atoms with Gasteiger partial charge in [0.1, 0.15) is 12.4 Å². The lowest BCUT2D eigenvalue weighted by Gasteiger charge is -2.07. The average molecular weight is 193 g/mol. The fourth-order valence-corrected chi connectivity index (χ4v) is 0.944. The largest absolute Gasteiger partial charge is 0.492 e. The first-order valence-electron chi connectivity index (χ1n) is 4.47. The normalized spacial score (nSPS) is 11.1. The molecule has 3 N–H and O–H groups in total. The van der Waals surface area contributed by atoms with Gasteiger partial charge >= 0.3 is 0 Å². The van der Waals surface area contributed by atoms with Gasteiger partial charge in [0, 0.05) is 7.05 Å². The van der Waals surface area contributed by atoms with Crippen LogP contribution in [-0.4, -0.2) is 26.2 Å². The first-order valence-corrected chi connectivity index (χ1v) is 4.47. The van der Waals surface area contributed by atoms with Gasteiger partial charge in [0.05, 0.1) is 6.54 Å². The lowest BCUT2D eigenvalue weighted by atomic mass is 10.3. The number of aliphatic imine (C=N–C) groups is 1. The lowest BCUT2D eigenvalue weighted by molar-refractivity contribution is 0.322. The summed E-state index contributed by atoms with van der Waals surface area (Å²) in [6.45, 7) is 1.22. The molecule has 1 aromatic rings. The minimum Gasteiger partial charge on any atom is -0.492 e. The van der Waals surface area contributed by atoms with Gasteiger partial charge in [0.15, 0.2) is 5.96 Å². The van der Waals surface area contributed by atoms with Crippen LogP contribution in [0, 0.1) is 0 Å². The minimum atomic E-state index is 0.432. The number of hydrogen-bond donors (Lipinski definition) is 2. The molecular weight excluding hydrogens is 178 g/mol. The average Bonchev–Trinajstić information content (AvgIpc) is 2.25. The molecule has 14 heavy (non-hydrogen) atoms. The first-order chi connectivity index (χ1) is 6.83. The van der Waals surface area contributed by atoms with Crippen molar-refractivity contribution in [2.45, 2.75) is 0 Å². The van der Waals surface area contributed by atoms with Crippen molar-refractivity contribution in [3.8, 4) is 5.75 Å². The molecule has 0 amide bonds. The summed E-state index contributed by atoms with van der Waals surface area (Å²) < 4.78 is 5.43. The van der Waals surface area contributed by atoms with Gasteiger partial charge in [-0.15, -0.1) is 0 Å². The summed E-state index contributed by atoms with van der Waals surface area (Å²) in [7, 11) is 1.64. The zero-order valence-electron chi connectivity index (χ0n) is 8.23. The van der Waals surface area contributed by atoms with Gasteiger partial charge in [0.2, 0.25) is 0 Å². The van der Waals surface area contributed by atoms with Crippen LogP contribution in [0.2, 0.25) is 0 Å². The Labute approximate surface area is 83.8 Å². The highest BCUT2D eigenvalue weighted by molar-refractivity contribution is 5.77. The van der Waals surface area contributed by atoms with Crippen LogP contribution in [0.25, 0.3) is 0 Å². The van der Waals surface area contributed by atoms with Gasteiger partial charge < -0.3 is 15.8 Å². The molecule has 1 rings (SSSR count). The molecule has 4 nitrogen and oxygen atoms in total. The summed E-state index contributed by atoms with van der Waals surface area (Å²) in [6, 6.07) is 9.65. The minimum absolute atomic E-state index is 0.432. The van der Waals surface area contributed by atoms with Crippen molar-refractivity contribution in [1.82, 2.24) is 5.32 Å². The van der Waals surface area contributed by atoms with E-state index in [-0.39, 0.29) is 0 Å². The van der Waals surface area contributed by atoms with Gasteiger partial charge in [-0.1, -0.05) is 18.2 Å². The van der Waals surface area contributed by atoms with E-state index >= 15 is 0 Å². The SMILES string of the molecule is CN=C(N)NCCOc1ccccc1. The van der Waals surface area contributed by atoms with Crippen LogP contribution >= 0.6 is 0 Å². The summed E-state index contributed by atoms with van der Waals surface area (Å²) >= 11 is 0. The van der Waals surface area contributed by atoms with Crippen LogP contribution < -0.4 is 15.8 Å². The Morgan fingerprint density at radius 2 is 2.14 bits per heavy atom. The van der Waals surface area contributed by atoms with Crippen molar-refractivity contribution < 1.29 is 4.74 Å². The molecule has 0 aliphatic heterocycles. The molecule has 0 heterocycles. The van der Waals surface area contributed by atoms with E-state index in [1.807, 2.05) is 30.3 Å². The maximum absolute atomic E-state index is 5.44. The van der Waals surface area contributed by atoms with E-state index in [0.717, 1.165) is 5.75 Å². The van der Waals surface area contributed by atoms with Crippen molar-refractivity contribution in [1.29, 1.82) is 0 Å². The number of nitrogens with zero attached hydrogens (tertiary/aromatic N) is 1. The number of guanidine groups is 1. The van der Waals surface area contributed by atoms with Crippen LogP contribution in [-0.2, 0) is 0 Å². The summed E-state index contributed by atoms with van der Waals surface area (Å²) in [6.07, 6.45) is 0. The highest BCUT2D eigenvalue weighted by atomic mass is 16.5. The highest BCUT2D eigenvalue weighted by Gasteiger charge is 1.91. The monoisotopic (exact) mass is 193 g/mol. The third-order valence-electron chi connectivity index (χ3n) is 1.66. The Balaban J connectivity index is 2.17. The topological polar surface area (TPSA) is 59.6 Å². The van der Waals surface area contributed by atoms with E-state index in [9.17, 15) is 0 Å². The highest BCUT2D eigenvalue weighted by Crippen LogP contribution is 2.07. The van der Waals surface area contributed by atoms with E-state index in [2.05, 4.69) is 10.3 Å². The summed E-state index contributed by atoms with van der Waals surface area (Å²) in [5.41, 5.74) is 5.44. The number of benzene rings is 1. The zero-order chi connectivity index (χ0) is 10.2. The van der Waals surface area contributed by atoms with Crippen LogP contribution in [0.1, 0.15) is 0 Å². The van der Waals surface area contributed by atoms with Crippen LogP contribution in [0.4, 0.5) is 0 Å². The van der Waals surface area contributed by atoms with Crippen molar-refractivity contribution in [3.63, 3.8) is 0 Å². The Kier molecular flexibility index (Phi) is 4.34. The standard InChI is InChI=1S/C10H15N3O/c1-12-10(11)13-7-8-14-9-5-3-2-4-6-9/h2-6H,7-8H2,1H3,(H3,11,12,13). The molecule has 0 saturated carbocycles. The smallest absolute Gasteiger partial charge is 0.188 e. The molecule has 0 fully saturated rings. The third kappa shape index (κ3) is 3.80. The Morgan fingerprint density at radius 3 is 2.79 bits per heavy atom. The van der Waals surface area contributed by atoms with E-state index < -0.39 is 0 Å². The molecule has 0 atom stereocenters. The zero-order valence-corrected chi connectivity index (χ0v) is 8.23. The van der Waals surface area contributed by atoms with E-state index in [0.29, 0.717) is 19.1 Å². The van der Waals surface area contributed by atoms with Crippen molar-refractivity contribution in [3.05, 3.63) is 30.3 Å². The molecule has 76 valence electrons. The van der Waals surface area contributed by atoms with Crippen LogP contribution in [0.3, 0.4) is 0 Å². The first kappa shape index (κ1) is 10.4. The van der Waals surface area contributed by atoms with Gasteiger partial charge in [-0.3, -0.25) is 4.99 Å². The second-order valence-corrected chi connectivity index (χ2v) is 2.70. The number of nitrogens with one attached hydrogen (secondary N) is 1. The maximum Gasteiger partial charge on any atom is 0.188 e. The van der Waals surface area contributed by atoms with E-state index in [1.165, 1.54) is 0 Å². The number of para-hydroxylation sites is 1. The molecule has 0 bridgehead atoms. The van der Waals surface area contributed by atoms with Crippen molar-refractivity contribution in [2.24, 2.45) is 10.7 Å². The Bertz CT molecular complexity index is 285. The number of hydrogen-bond acceptors (Lipinski definition) is 2. The number of ether oxygens (including phenoxy) is 1. The second-order valence-electron chi connectivity index (χ2n) is 2.70. The fraction of sp³-hybridized carbons (Fsp3) is 0.300. The molecule has 0 aliphatic rings. The third-order valence-corrected chi connectivity index (χ3v) is 1.66. The molecule has 4 heteroatoms. The Hall–Kier alpha value is -1.71. The van der Waals surface area contributed by atoms with Gasteiger partial charge in [0.25, 0.3) is 0 Å². The predicted octanol–water partition coefficient (Wildman–Crippen LogP) is 0.599. The van der Waals surface area contributed by atoms with E-state index in [1.54, 1.807) is 7.05 Å². The van der Waals surface area contributed by atoms with Gasteiger partial charge in [-0.25, -0.2) is 0 Å². The predicted molar refractivity (Wildman–Crippen MR) is 57.5 cm³/mol. The van der Waals surface area contributed by atoms with Crippen molar-refractivity contribution >= 4 is 5.96 Å². The molecule has 0 radical (unpaired) electrons. The van der Waals surface area contributed by atoms with Crippen molar-refractivity contribution in [2.75, 3.05) is 20.2 Å². The number of nitrogens with two attached hydrogens (primary N) is 1. The summed E-state index contributed by atoms with van der Waals surface area (Å²) in [4.78, 5) is 3.76. The fourth-order valence-electron chi connectivity index (χ4n) is 0.944. The quantitative estimate of drug-likeness (QED) is 0.418. The summed E-state index contributed by atoms with van der Waals surface area (Å²) in [5, 5.41) is 2.91. The molecule has 1 aromatic carbocycles. The lowest BCUT2D eigenvalue weighted by Crippen LogP contribution is -2.34. The Morgan fingerprint density at radius 1 is 1.43 bits per heavy atom. The van der Waals surface area contributed by atoms with Gasteiger partial charge in [-0.05, 0) is 12.1 Å². The van der Waals surface area contributed by atoms with Gasteiger partial charge in [-0.2, -0.15) is 0 Å². The second kappa shape index (κ2) is 5.85. The molecule has 0 aromatic heterocycles. The molecule has 0 aliphatic carbocycles. The number of rotatable bonds is 4. The van der Waals surface area contributed by atoms with E-state index in [4.69, 9.17) is 10.5 Å². The molecule has 0 unspecified atom stereocenters. The van der Waals surface area contributed by atoms with Crippen LogP contribution in [0.5, 0.6) is 5.75 Å². The van der Waals surface area contributed by atoms with Crippen LogP contribution in [0.15, 0.2) is 35.3 Å². The maximum atomic E-state index is 5.44. The summed E-state index contributed by atoms with van der Waals surface area (Å²) in [5.74, 6) is 1.29.